The smallest absolute Gasteiger partial charge is 0.421 e. The van der Waals surface area contributed by atoms with Crippen molar-refractivity contribution in [3.05, 3.63) is 34.7 Å². The Hall–Kier alpha value is -1.41. The highest BCUT2D eigenvalue weighted by molar-refractivity contribution is 8.13. The second-order valence-electron chi connectivity index (χ2n) is 5.99. The normalized spacial score (nSPS) is 16.9. The third-order valence-electron chi connectivity index (χ3n) is 3.75. The first-order chi connectivity index (χ1) is 12.7. The van der Waals surface area contributed by atoms with E-state index in [1.807, 2.05) is 0 Å². The molecule has 1 aliphatic rings. The van der Waals surface area contributed by atoms with Crippen molar-refractivity contribution in [1.82, 2.24) is 0 Å². The van der Waals surface area contributed by atoms with E-state index in [1.165, 1.54) is 38.6 Å². The van der Waals surface area contributed by atoms with Crippen LogP contribution in [-0.2, 0) is 26.6 Å². The van der Waals surface area contributed by atoms with Crippen LogP contribution < -0.4 is 4.57 Å². The number of halogens is 6. The summed E-state index contributed by atoms with van der Waals surface area (Å²) in [5, 5.41) is 0. The molecule has 0 amide bonds. The zero-order valence-corrected chi connectivity index (χ0v) is 16.0. The minimum Gasteiger partial charge on any atom is -0.421 e. The molecule has 1 aromatic rings. The van der Waals surface area contributed by atoms with E-state index < -0.39 is 31.1 Å². The number of hydrogen-bond donors (Lipinski definition) is 0. The third-order valence-corrected chi connectivity index (χ3v) is 6.49. The van der Waals surface area contributed by atoms with E-state index >= 15 is 0 Å². The van der Waals surface area contributed by atoms with E-state index in [9.17, 15) is 43.2 Å². The number of alkyl halides is 6. The molecule has 6 nitrogen and oxygen atoms in total. The molecule has 2 rings (SSSR count). The highest BCUT2D eigenvalue weighted by atomic mass is 32.3. The maximum atomic E-state index is 11.4. The standard InChI is InChI=1S/C12H18N.C2F6NO4S2/c1-3-7-12(8-4-1)11-13-9-5-2-6-10-13;3-1(4,5)14(10,11)9-15(12,13)2(6,7)8/h2,5-6,9-10,12H,1,3-4,7-8,11H2;/q+1;-1. The molecule has 0 aromatic carbocycles. The SMILES string of the molecule is O=S(=O)([N-]S(=O)(=O)C(F)(F)F)C(F)(F)F.c1cc[n+](CC2CCCCC2)cc1. The molecule has 0 unspecified atom stereocenters. The lowest BCUT2D eigenvalue weighted by Gasteiger charge is -2.22. The van der Waals surface area contributed by atoms with Crippen LogP contribution in [0.25, 0.3) is 4.13 Å². The Morgan fingerprint density at radius 2 is 1.21 bits per heavy atom. The Bertz CT molecular complexity index is 776. The molecule has 1 fully saturated rings. The number of sulfonamides is 2. The van der Waals surface area contributed by atoms with Gasteiger partial charge in [0.25, 0.3) is 0 Å². The van der Waals surface area contributed by atoms with Crippen molar-refractivity contribution in [3.63, 3.8) is 0 Å². The monoisotopic (exact) mass is 456 g/mol. The maximum absolute atomic E-state index is 11.4. The summed E-state index contributed by atoms with van der Waals surface area (Å²) in [5.41, 5.74) is -12.4. The summed E-state index contributed by atoms with van der Waals surface area (Å²) in [5.74, 6) is 0.932. The van der Waals surface area contributed by atoms with Crippen LogP contribution in [0.4, 0.5) is 26.3 Å². The fraction of sp³-hybridized carbons (Fsp3) is 0.643. The number of rotatable bonds is 4. The number of pyridine rings is 1. The molecule has 28 heavy (non-hydrogen) atoms. The zero-order valence-electron chi connectivity index (χ0n) is 14.3. The third kappa shape index (κ3) is 7.54. The van der Waals surface area contributed by atoms with Gasteiger partial charge in [-0.2, -0.15) is 26.3 Å². The molecule has 0 bridgehead atoms. The van der Waals surface area contributed by atoms with Gasteiger partial charge in [0.05, 0.1) is 0 Å². The topological polar surface area (TPSA) is 86.3 Å². The van der Waals surface area contributed by atoms with Crippen LogP contribution in [0.1, 0.15) is 32.1 Å². The van der Waals surface area contributed by atoms with Crippen LogP contribution in [0.15, 0.2) is 30.6 Å². The molecule has 162 valence electrons. The van der Waals surface area contributed by atoms with Gasteiger partial charge in [0.2, 0.25) is 0 Å². The summed E-state index contributed by atoms with van der Waals surface area (Å²) < 4.78 is 111. The Morgan fingerprint density at radius 1 is 0.786 bits per heavy atom. The predicted octanol–water partition coefficient (Wildman–Crippen LogP) is 3.61. The molecule has 1 aromatic heterocycles. The number of aromatic nitrogens is 1. The molecular weight excluding hydrogens is 438 g/mol. The van der Waals surface area contributed by atoms with E-state index in [1.54, 1.807) is 0 Å². The second kappa shape index (κ2) is 9.39. The fourth-order valence-corrected chi connectivity index (χ4v) is 4.15. The predicted molar refractivity (Wildman–Crippen MR) is 86.5 cm³/mol. The summed E-state index contributed by atoms with van der Waals surface area (Å²) in [6.07, 6.45) is 11.6. The van der Waals surface area contributed by atoms with Gasteiger partial charge in [-0.25, -0.2) is 21.4 Å². The second-order valence-corrected chi connectivity index (χ2v) is 9.41. The molecule has 1 aliphatic carbocycles. The molecule has 1 heterocycles. The Kier molecular flexibility index (Phi) is 8.26. The Labute approximate surface area is 158 Å². The van der Waals surface area contributed by atoms with Gasteiger partial charge < -0.3 is 4.13 Å². The minimum absolute atomic E-state index is 0.778. The molecule has 1 saturated carbocycles. The van der Waals surface area contributed by atoms with E-state index in [4.69, 9.17) is 0 Å². The van der Waals surface area contributed by atoms with Gasteiger partial charge in [-0.1, -0.05) is 25.3 Å². The first kappa shape index (κ1) is 24.6. The van der Waals surface area contributed by atoms with E-state index in [0.29, 0.717) is 0 Å². The fourth-order valence-electron chi connectivity index (χ4n) is 2.44. The Balaban J connectivity index is 0.000000281. The summed E-state index contributed by atoms with van der Waals surface area (Å²) in [7, 11) is -13.4. The molecule has 0 spiro atoms. The van der Waals surface area contributed by atoms with Crippen molar-refractivity contribution < 1.29 is 47.7 Å². The molecule has 0 saturated heterocycles. The zero-order chi connectivity index (χ0) is 21.6. The molecule has 0 N–H and O–H groups in total. The molecule has 0 radical (unpaired) electrons. The summed E-state index contributed by atoms with van der Waals surface area (Å²) >= 11 is 0. The lowest BCUT2D eigenvalue weighted by Crippen LogP contribution is -2.37. The van der Waals surface area contributed by atoms with Gasteiger partial charge in [-0.05, 0) is 12.8 Å². The minimum atomic E-state index is -6.72. The summed E-state index contributed by atoms with van der Waals surface area (Å²) in [6.45, 7) is 1.22. The summed E-state index contributed by atoms with van der Waals surface area (Å²) in [6, 6.07) is 6.31. The van der Waals surface area contributed by atoms with Crippen molar-refractivity contribution in [3.8, 4) is 0 Å². The van der Waals surface area contributed by atoms with Crippen molar-refractivity contribution in [2.24, 2.45) is 5.92 Å². The summed E-state index contributed by atoms with van der Waals surface area (Å²) in [4.78, 5) is 0. The molecule has 0 atom stereocenters. The number of nitrogens with zero attached hydrogens (tertiary/aromatic N) is 2. The van der Waals surface area contributed by atoms with Crippen LogP contribution in [0.5, 0.6) is 0 Å². The van der Waals surface area contributed by atoms with Gasteiger partial charge in [0.1, 0.15) is 0 Å². The van der Waals surface area contributed by atoms with E-state index in [2.05, 4.69) is 35.2 Å². The van der Waals surface area contributed by atoms with Crippen LogP contribution in [0, 0.1) is 5.92 Å². The lowest BCUT2D eigenvalue weighted by atomic mass is 9.89. The van der Waals surface area contributed by atoms with E-state index in [0.717, 1.165) is 10.0 Å². The number of hydrogen-bond acceptors (Lipinski definition) is 4. The molecular formula is C14H18F6N2O4S2. The average Bonchev–Trinajstić information content (AvgIpc) is 2.54. The van der Waals surface area contributed by atoms with E-state index in [-0.39, 0.29) is 0 Å². The van der Waals surface area contributed by atoms with Crippen LogP contribution in [0.3, 0.4) is 0 Å². The van der Waals surface area contributed by atoms with Gasteiger partial charge in [0, 0.05) is 18.1 Å². The largest absolute Gasteiger partial charge is 0.480 e. The van der Waals surface area contributed by atoms with Gasteiger partial charge in [-0.15, -0.1) is 0 Å². The van der Waals surface area contributed by atoms with Crippen LogP contribution in [0.2, 0.25) is 0 Å². The highest BCUT2D eigenvalue weighted by Crippen LogP contribution is 2.36. The van der Waals surface area contributed by atoms with Crippen LogP contribution >= 0.6 is 0 Å². The maximum Gasteiger partial charge on any atom is 0.480 e. The highest BCUT2D eigenvalue weighted by Gasteiger charge is 2.46. The Morgan fingerprint density at radius 3 is 1.61 bits per heavy atom. The average molecular weight is 456 g/mol. The van der Waals surface area contributed by atoms with Crippen molar-refractivity contribution in [2.75, 3.05) is 0 Å². The van der Waals surface area contributed by atoms with Gasteiger partial charge >= 0.3 is 11.0 Å². The molecule has 14 heteroatoms. The van der Waals surface area contributed by atoms with Crippen LogP contribution in [-0.4, -0.2) is 27.9 Å². The quantitative estimate of drug-likeness (QED) is 0.512. The van der Waals surface area contributed by atoms with Crippen molar-refractivity contribution >= 4 is 20.0 Å². The first-order valence-electron chi connectivity index (χ1n) is 7.96. The van der Waals surface area contributed by atoms with Crippen molar-refractivity contribution in [2.45, 2.75) is 49.7 Å². The lowest BCUT2D eigenvalue weighted by molar-refractivity contribution is -0.703. The molecule has 0 aliphatic heterocycles. The van der Waals surface area contributed by atoms with Gasteiger partial charge in [-0.3, -0.25) is 0 Å². The van der Waals surface area contributed by atoms with Crippen molar-refractivity contribution in [1.29, 1.82) is 0 Å². The first-order valence-corrected chi connectivity index (χ1v) is 10.8. The van der Waals surface area contributed by atoms with Gasteiger partial charge in [0.15, 0.2) is 39.0 Å².